The van der Waals surface area contributed by atoms with Gasteiger partial charge in [-0.05, 0) is 31.2 Å². The molecule has 0 spiro atoms. The Bertz CT molecular complexity index is 997. The Morgan fingerprint density at radius 3 is 2.74 bits per heavy atom. The fraction of sp³-hybridized carbons (Fsp3) is 0.211. The maximum absolute atomic E-state index is 13.4. The van der Waals surface area contributed by atoms with Gasteiger partial charge in [-0.25, -0.2) is 14.4 Å². The van der Waals surface area contributed by atoms with Gasteiger partial charge < -0.3 is 15.4 Å². The van der Waals surface area contributed by atoms with Crippen LogP contribution in [0.25, 0.3) is 10.9 Å². The van der Waals surface area contributed by atoms with Crippen molar-refractivity contribution in [3.05, 3.63) is 47.5 Å². The molecule has 2 aromatic carbocycles. The molecule has 0 aliphatic rings. The van der Waals surface area contributed by atoms with Crippen LogP contribution in [0.3, 0.4) is 0 Å². The Kier molecular flexibility index (Phi) is 5.71. The molecule has 0 atom stereocenters. The summed E-state index contributed by atoms with van der Waals surface area (Å²) in [5.41, 5.74) is 1.75. The lowest BCUT2D eigenvalue weighted by molar-refractivity contribution is -0.115. The molecule has 1 aromatic heterocycles. The summed E-state index contributed by atoms with van der Waals surface area (Å²) in [5.74, 6) is 0.395. The van der Waals surface area contributed by atoms with Gasteiger partial charge in [-0.15, -0.1) is 0 Å². The molecular weight excluding hydrogens is 371 g/mol. The van der Waals surface area contributed by atoms with Crippen molar-refractivity contribution >= 4 is 45.6 Å². The highest BCUT2D eigenvalue weighted by molar-refractivity contribution is 6.31. The number of halogens is 2. The number of benzene rings is 2. The Balaban J connectivity index is 2.06. The number of carbonyl (C=O) groups is 1. The first-order chi connectivity index (χ1) is 13.0. The molecule has 27 heavy (non-hydrogen) atoms. The van der Waals surface area contributed by atoms with Gasteiger partial charge in [0, 0.05) is 23.6 Å². The van der Waals surface area contributed by atoms with Crippen molar-refractivity contribution in [2.75, 3.05) is 17.2 Å². The molecule has 3 rings (SSSR count). The lowest BCUT2D eigenvalue weighted by Crippen LogP contribution is -2.11. The third-order valence-electron chi connectivity index (χ3n) is 3.81. The summed E-state index contributed by atoms with van der Waals surface area (Å²) < 4.78 is 19.0. The monoisotopic (exact) mass is 388 g/mol. The fourth-order valence-corrected chi connectivity index (χ4v) is 2.69. The van der Waals surface area contributed by atoms with E-state index >= 15 is 0 Å². The fourth-order valence-electron chi connectivity index (χ4n) is 2.51. The van der Waals surface area contributed by atoms with E-state index in [1.165, 1.54) is 18.5 Å². The number of nitrogens with zero attached hydrogens (tertiary/aromatic N) is 2. The van der Waals surface area contributed by atoms with Gasteiger partial charge >= 0.3 is 0 Å². The maximum Gasteiger partial charge on any atom is 0.224 e. The number of ether oxygens (including phenoxy) is 1. The second kappa shape index (κ2) is 8.18. The topological polar surface area (TPSA) is 76.1 Å². The molecule has 2 N–H and O–H groups in total. The van der Waals surface area contributed by atoms with Crippen LogP contribution in [0.2, 0.25) is 5.02 Å². The lowest BCUT2D eigenvalue weighted by Gasteiger charge is -2.14. The molecular formula is C19H18ClFN4O2. The quantitative estimate of drug-likeness (QED) is 0.627. The van der Waals surface area contributed by atoms with E-state index in [1.54, 1.807) is 25.1 Å². The molecule has 3 aromatic rings. The molecule has 0 saturated heterocycles. The summed E-state index contributed by atoms with van der Waals surface area (Å²) >= 11 is 5.84. The van der Waals surface area contributed by atoms with E-state index in [4.69, 9.17) is 16.3 Å². The smallest absolute Gasteiger partial charge is 0.224 e. The molecule has 0 bridgehead atoms. The molecule has 0 saturated carbocycles. The Morgan fingerprint density at radius 1 is 1.22 bits per heavy atom. The number of amides is 1. The summed E-state index contributed by atoms with van der Waals surface area (Å²) in [6.07, 6.45) is 1.75. The molecule has 1 heterocycles. The predicted molar refractivity (Wildman–Crippen MR) is 104 cm³/mol. The number of hydrogen-bond acceptors (Lipinski definition) is 5. The Morgan fingerprint density at radius 2 is 2.04 bits per heavy atom. The summed E-state index contributed by atoms with van der Waals surface area (Å²) in [5, 5.41) is 6.61. The van der Waals surface area contributed by atoms with Gasteiger partial charge in [0.1, 0.15) is 23.7 Å². The van der Waals surface area contributed by atoms with Crippen LogP contribution in [0.15, 0.2) is 36.7 Å². The zero-order valence-corrected chi connectivity index (χ0v) is 15.6. The Labute approximate surface area is 160 Å². The molecule has 6 nitrogen and oxygen atoms in total. The van der Waals surface area contributed by atoms with Gasteiger partial charge in [0.2, 0.25) is 5.91 Å². The van der Waals surface area contributed by atoms with Crippen molar-refractivity contribution in [2.45, 2.75) is 20.3 Å². The summed E-state index contributed by atoms with van der Waals surface area (Å²) in [6, 6.07) is 7.80. The standard InChI is InChI=1S/C19H18ClFN4O2/c1-3-18(26)25-16-8-12-15(9-17(16)27-4-2)22-10-23-19(12)24-11-5-6-14(21)13(20)7-11/h5-10H,3-4H2,1-2H3,(H,25,26)(H,22,23,24). The van der Waals surface area contributed by atoms with Crippen LogP contribution in [0.4, 0.5) is 21.6 Å². The molecule has 0 fully saturated rings. The Hall–Kier alpha value is -2.93. The van der Waals surface area contributed by atoms with Gasteiger partial charge in [-0.3, -0.25) is 4.79 Å². The van der Waals surface area contributed by atoms with Gasteiger partial charge in [-0.1, -0.05) is 18.5 Å². The third kappa shape index (κ3) is 4.25. The largest absolute Gasteiger partial charge is 0.492 e. The van der Waals surface area contributed by atoms with Gasteiger partial charge in [0.15, 0.2) is 0 Å². The number of aromatic nitrogens is 2. The van der Waals surface area contributed by atoms with Crippen LogP contribution in [-0.2, 0) is 4.79 Å². The highest BCUT2D eigenvalue weighted by Gasteiger charge is 2.13. The van der Waals surface area contributed by atoms with Crippen LogP contribution in [-0.4, -0.2) is 22.5 Å². The van der Waals surface area contributed by atoms with Crippen LogP contribution in [0.1, 0.15) is 20.3 Å². The maximum atomic E-state index is 13.4. The summed E-state index contributed by atoms with van der Waals surface area (Å²) in [7, 11) is 0. The van der Waals surface area contributed by atoms with Gasteiger partial charge in [0.05, 0.1) is 22.8 Å². The molecule has 1 amide bonds. The summed E-state index contributed by atoms with van der Waals surface area (Å²) in [6.45, 7) is 4.08. The molecule has 0 aliphatic heterocycles. The van der Waals surface area contributed by atoms with Crippen molar-refractivity contribution in [1.29, 1.82) is 0 Å². The number of hydrogen-bond donors (Lipinski definition) is 2. The number of anilines is 3. The highest BCUT2D eigenvalue weighted by Crippen LogP contribution is 2.33. The third-order valence-corrected chi connectivity index (χ3v) is 4.10. The van der Waals surface area contributed by atoms with Crippen molar-refractivity contribution in [3.63, 3.8) is 0 Å². The van der Waals surface area contributed by atoms with Crippen molar-refractivity contribution in [1.82, 2.24) is 9.97 Å². The van der Waals surface area contributed by atoms with Crippen molar-refractivity contribution in [3.8, 4) is 5.75 Å². The van der Waals surface area contributed by atoms with Crippen LogP contribution >= 0.6 is 11.6 Å². The zero-order chi connectivity index (χ0) is 19.4. The average molecular weight is 389 g/mol. The predicted octanol–water partition coefficient (Wildman–Crippen LogP) is 4.91. The first-order valence-electron chi connectivity index (χ1n) is 8.45. The van der Waals surface area contributed by atoms with E-state index in [2.05, 4.69) is 20.6 Å². The molecule has 0 aliphatic carbocycles. The van der Waals surface area contributed by atoms with Crippen molar-refractivity contribution < 1.29 is 13.9 Å². The number of rotatable bonds is 6. The van der Waals surface area contributed by atoms with E-state index in [0.29, 0.717) is 46.9 Å². The minimum atomic E-state index is -0.499. The van der Waals surface area contributed by atoms with Crippen LogP contribution in [0.5, 0.6) is 5.75 Å². The molecule has 0 unspecified atom stereocenters. The number of fused-ring (bicyclic) bond motifs is 1. The minimum absolute atomic E-state index is 0.00731. The molecule has 8 heteroatoms. The average Bonchev–Trinajstić information content (AvgIpc) is 2.66. The van der Waals surface area contributed by atoms with Gasteiger partial charge in [0.25, 0.3) is 0 Å². The summed E-state index contributed by atoms with van der Waals surface area (Å²) in [4.78, 5) is 20.4. The van der Waals surface area contributed by atoms with Crippen LogP contribution < -0.4 is 15.4 Å². The second-order valence-electron chi connectivity index (χ2n) is 5.68. The minimum Gasteiger partial charge on any atom is -0.492 e. The van der Waals surface area contributed by atoms with E-state index in [9.17, 15) is 9.18 Å². The van der Waals surface area contributed by atoms with E-state index in [0.717, 1.165) is 0 Å². The lowest BCUT2D eigenvalue weighted by atomic mass is 10.1. The normalized spacial score (nSPS) is 10.7. The number of carbonyl (C=O) groups excluding carboxylic acids is 1. The molecule has 0 radical (unpaired) electrons. The first-order valence-corrected chi connectivity index (χ1v) is 8.83. The van der Waals surface area contributed by atoms with E-state index in [-0.39, 0.29) is 10.9 Å². The zero-order valence-electron chi connectivity index (χ0n) is 14.8. The first kappa shape index (κ1) is 18.8. The molecule has 140 valence electrons. The second-order valence-corrected chi connectivity index (χ2v) is 6.08. The van der Waals surface area contributed by atoms with E-state index < -0.39 is 5.82 Å². The SMILES string of the molecule is CCOc1cc2ncnc(Nc3ccc(F)c(Cl)c3)c2cc1NC(=O)CC. The van der Waals surface area contributed by atoms with Crippen molar-refractivity contribution in [2.24, 2.45) is 0 Å². The van der Waals surface area contributed by atoms with Gasteiger partial charge in [-0.2, -0.15) is 0 Å². The van der Waals surface area contributed by atoms with Crippen LogP contribution in [0, 0.1) is 5.82 Å². The number of nitrogens with one attached hydrogen (secondary N) is 2. The van der Waals surface area contributed by atoms with E-state index in [1.807, 2.05) is 6.92 Å². The highest BCUT2D eigenvalue weighted by atomic mass is 35.5.